The van der Waals surface area contributed by atoms with Crippen molar-refractivity contribution in [2.24, 2.45) is 50.1 Å². The molecule has 0 unspecified atom stereocenters. The van der Waals surface area contributed by atoms with E-state index in [1.165, 1.54) is 28.0 Å². The number of nitrogens with zero attached hydrogens (tertiary/aromatic N) is 6. The summed E-state index contributed by atoms with van der Waals surface area (Å²) in [7, 11) is 0. The van der Waals surface area contributed by atoms with Crippen molar-refractivity contribution in [3.63, 3.8) is 0 Å². The third kappa shape index (κ3) is 27.7. The lowest BCUT2D eigenvalue weighted by molar-refractivity contribution is -0.142. The second-order valence-corrected chi connectivity index (χ2v) is 17.6. The molecule has 0 bridgehead atoms. The number of hydrogen-bond acceptors (Lipinski definition) is 15. The summed E-state index contributed by atoms with van der Waals surface area (Å²) in [5.74, 6) is -3.32. The number of amides is 7. The molecule has 0 fully saturated rings. The Hall–Kier alpha value is -5.77. The first-order valence-electron chi connectivity index (χ1n) is 25.0. The van der Waals surface area contributed by atoms with E-state index in [2.05, 4.69) is 53.8 Å². The van der Waals surface area contributed by atoms with E-state index in [9.17, 15) is 38.7 Å². The van der Waals surface area contributed by atoms with Crippen LogP contribution < -0.4 is 61.4 Å². The lowest BCUT2D eigenvalue weighted by Gasteiger charge is -2.34. The lowest BCUT2D eigenvalue weighted by Crippen LogP contribution is -2.56. The quantitative estimate of drug-likeness (QED) is 0.0129. The molecule has 72 heavy (non-hydrogen) atoms. The van der Waals surface area contributed by atoms with Crippen molar-refractivity contribution in [3.8, 4) is 0 Å². The summed E-state index contributed by atoms with van der Waals surface area (Å²) >= 11 is 4.33. The number of imidazole rings is 1. The summed E-state index contributed by atoms with van der Waals surface area (Å²) in [4.78, 5) is 115. The van der Waals surface area contributed by atoms with Crippen LogP contribution in [0.25, 0.3) is 0 Å². The van der Waals surface area contributed by atoms with Crippen molar-refractivity contribution >= 4 is 65.9 Å². The maximum absolute atomic E-state index is 14.4. The zero-order chi connectivity index (χ0) is 53.7. The number of unbranched alkanes of at least 4 members (excludes halogenated alkanes) is 4. The summed E-state index contributed by atoms with van der Waals surface area (Å²) in [6, 6.07) is -3.14. The molecule has 26 nitrogen and oxygen atoms in total. The number of guanidine groups is 2. The van der Waals surface area contributed by atoms with E-state index in [0.717, 1.165) is 12.8 Å². The van der Waals surface area contributed by atoms with Crippen LogP contribution >= 0.6 is 12.6 Å². The van der Waals surface area contributed by atoms with Crippen molar-refractivity contribution in [1.82, 2.24) is 45.9 Å². The Morgan fingerprint density at radius 3 is 1.68 bits per heavy atom. The molecule has 27 heteroatoms. The van der Waals surface area contributed by atoms with Gasteiger partial charge in [0.05, 0.1) is 18.9 Å². The van der Waals surface area contributed by atoms with Gasteiger partial charge in [-0.05, 0) is 84.2 Å². The second kappa shape index (κ2) is 38.8. The molecule has 0 saturated carbocycles. The Morgan fingerprint density at radius 2 is 1.14 bits per heavy atom. The molecule has 0 aliphatic carbocycles. The Kier molecular flexibility index (Phi) is 34.7. The van der Waals surface area contributed by atoms with Gasteiger partial charge in [-0.1, -0.05) is 6.42 Å². The van der Waals surface area contributed by atoms with Gasteiger partial charge in [0.15, 0.2) is 11.9 Å². The molecule has 1 rings (SSSR count). The number of aliphatic hydroxyl groups excluding tert-OH is 1. The van der Waals surface area contributed by atoms with Gasteiger partial charge in [0.1, 0.15) is 18.1 Å². The Balaban J connectivity index is 3.49. The number of nitrogens with one attached hydrogen (secondary N) is 5. The number of carbonyl (C=O) groups excluding carboxylic acids is 7. The summed E-state index contributed by atoms with van der Waals surface area (Å²) < 4.78 is 0. The SMILES string of the molecule is C[C@@H](O)CC(=O)N(CCN)[C@@H](CS)C(=O)NCCN(C(=O)CCCCN=C(N)N)[C@@H](CCCCN)C(=O)NCCN(C(=O)CCc1cnc[nH]1)[C@@H](CCCN=C(N)N)C(=O)NCCNC(=O)CCCCCN. The largest absolute Gasteiger partial charge is 0.393 e. The fourth-order valence-electron chi connectivity index (χ4n) is 7.61. The molecule has 1 aromatic heterocycles. The zero-order valence-electron chi connectivity index (χ0n) is 42.2. The number of aliphatic imine (C=N–C) groups is 2. The van der Waals surface area contributed by atoms with Gasteiger partial charge < -0.3 is 86.2 Å². The average molecular weight is 1040 g/mol. The molecule has 0 aliphatic rings. The van der Waals surface area contributed by atoms with Gasteiger partial charge in [-0.25, -0.2) is 4.98 Å². The first-order chi connectivity index (χ1) is 34.5. The predicted octanol–water partition coefficient (Wildman–Crippen LogP) is -3.80. The van der Waals surface area contributed by atoms with Crippen LogP contribution in [0.15, 0.2) is 22.5 Å². The fourth-order valence-corrected chi connectivity index (χ4v) is 7.97. The van der Waals surface area contributed by atoms with Crippen molar-refractivity contribution in [3.05, 3.63) is 18.2 Å². The minimum absolute atomic E-state index is 0.0136. The van der Waals surface area contributed by atoms with Crippen LogP contribution in [-0.4, -0.2) is 192 Å². The second-order valence-electron chi connectivity index (χ2n) is 17.2. The van der Waals surface area contributed by atoms with Gasteiger partial charge >= 0.3 is 0 Å². The lowest BCUT2D eigenvalue weighted by atomic mass is 10.0. The summed E-state index contributed by atoms with van der Waals surface area (Å²) in [5.41, 5.74) is 39.9. The number of thiol groups is 1. The molecule has 0 radical (unpaired) electrons. The van der Waals surface area contributed by atoms with E-state index in [4.69, 9.17) is 40.1 Å². The number of H-pyrrole nitrogens is 1. The Labute approximate surface area is 429 Å². The number of nitrogens with two attached hydrogens (primary N) is 7. The first kappa shape index (κ1) is 64.2. The molecule has 0 aromatic carbocycles. The Morgan fingerprint density at radius 1 is 0.625 bits per heavy atom. The highest BCUT2D eigenvalue weighted by molar-refractivity contribution is 7.80. The third-order valence-electron chi connectivity index (χ3n) is 11.3. The van der Waals surface area contributed by atoms with E-state index in [-0.39, 0.29) is 133 Å². The molecule has 1 aromatic rings. The maximum atomic E-state index is 14.4. The van der Waals surface area contributed by atoms with Crippen LogP contribution in [0.1, 0.15) is 103 Å². The van der Waals surface area contributed by atoms with Crippen LogP contribution in [-0.2, 0) is 40.0 Å². The van der Waals surface area contributed by atoms with Gasteiger partial charge in [-0.2, -0.15) is 12.6 Å². The van der Waals surface area contributed by atoms with Crippen LogP contribution in [0.4, 0.5) is 0 Å². The zero-order valence-corrected chi connectivity index (χ0v) is 43.1. The number of hydrogen-bond donors (Lipinski definition) is 14. The third-order valence-corrected chi connectivity index (χ3v) is 11.6. The molecule has 20 N–H and O–H groups in total. The standard InChI is InChI=1S/C45H86N18O8S/c1-32(64)28-40(68)61(25-18-48)36(30-72)43(71)57-24-26-62(38(66)13-5-8-19-58-44(49)50)34(10-4-7-17-47)42(70)56-23-27-63(39(67)15-14-33-29-53-31-60-33)35(11-9-20-59-45(51)52)41(69)55-22-21-54-37(65)12-3-2-6-16-46/h29,31-32,34-36,64,72H,2-28,30,46-48H2,1H3,(H,53,60)(H,54,65)(H,55,69)(H,56,70)(H,57,71)(H4,49,50,58)(H4,51,52,59)/t32-,34+,35+,36+/m1/s1. The van der Waals surface area contributed by atoms with Crippen LogP contribution in [0.2, 0.25) is 0 Å². The summed E-state index contributed by atoms with van der Waals surface area (Å²) in [6.45, 7) is 2.63. The molecular weight excluding hydrogens is 953 g/mol. The highest BCUT2D eigenvalue weighted by Gasteiger charge is 2.33. The number of aliphatic hydroxyl groups is 1. The summed E-state index contributed by atoms with van der Waals surface area (Å²) in [6.07, 6.45) is 7.31. The molecule has 0 aliphatic heterocycles. The molecule has 1 heterocycles. The number of aromatic nitrogens is 2. The maximum Gasteiger partial charge on any atom is 0.243 e. The van der Waals surface area contributed by atoms with Crippen LogP contribution in [0, 0.1) is 0 Å². The number of rotatable bonds is 41. The van der Waals surface area contributed by atoms with Gasteiger partial charge in [-0.15, -0.1) is 0 Å². The minimum Gasteiger partial charge on any atom is -0.393 e. The molecule has 4 atom stereocenters. The molecule has 7 amide bonds. The molecular formula is C45H86N18O8S. The van der Waals surface area contributed by atoms with Gasteiger partial charge in [0.2, 0.25) is 41.4 Å². The van der Waals surface area contributed by atoms with Crippen molar-refractivity contribution in [1.29, 1.82) is 0 Å². The topological polar surface area (TPSA) is 433 Å². The predicted molar refractivity (Wildman–Crippen MR) is 280 cm³/mol. The monoisotopic (exact) mass is 1040 g/mol. The first-order valence-corrected chi connectivity index (χ1v) is 25.6. The van der Waals surface area contributed by atoms with E-state index in [1.807, 2.05) is 0 Å². The molecule has 0 spiro atoms. The number of aromatic amines is 1. The Bertz CT molecular complexity index is 1800. The average Bonchev–Trinajstić information content (AvgIpc) is 3.86. The minimum atomic E-state index is -1.06. The van der Waals surface area contributed by atoms with Crippen LogP contribution in [0.3, 0.4) is 0 Å². The van der Waals surface area contributed by atoms with E-state index >= 15 is 0 Å². The van der Waals surface area contributed by atoms with Gasteiger partial charge in [-0.3, -0.25) is 43.5 Å². The highest BCUT2D eigenvalue weighted by atomic mass is 32.1. The number of aryl methyl sites for hydroxylation is 1. The van der Waals surface area contributed by atoms with Crippen molar-refractivity contribution < 1.29 is 38.7 Å². The fraction of sp³-hybridized carbons (Fsp3) is 0.733. The number of carbonyl (C=O) groups is 7. The van der Waals surface area contributed by atoms with E-state index < -0.39 is 53.8 Å². The van der Waals surface area contributed by atoms with Crippen LogP contribution in [0.5, 0.6) is 0 Å². The van der Waals surface area contributed by atoms with Gasteiger partial charge in [0, 0.05) is 102 Å². The van der Waals surface area contributed by atoms with E-state index in [0.29, 0.717) is 63.7 Å². The molecule has 410 valence electrons. The van der Waals surface area contributed by atoms with E-state index in [1.54, 1.807) is 6.20 Å². The van der Waals surface area contributed by atoms with Crippen molar-refractivity contribution in [2.45, 2.75) is 127 Å². The summed E-state index contributed by atoms with van der Waals surface area (Å²) in [5, 5.41) is 21.2. The van der Waals surface area contributed by atoms with Gasteiger partial charge in [0.25, 0.3) is 0 Å². The van der Waals surface area contributed by atoms with Crippen molar-refractivity contribution in [2.75, 3.05) is 84.3 Å². The normalized spacial score (nSPS) is 12.6. The highest BCUT2D eigenvalue weighted by Crippen LogP contribution is 2.16. The molecule has 0 saturated heterocycles. The smallest absolute Gasteiger partial charge is 0.243 e.